The Morgan fingerprint density at radius 2 is 1.52 bits per heavy atom. The molecule has 0 aromatic heterocycles. The minimum atomic E-state index is -3.88. The lowest BCUT2D eigenvalue weighted by Gasteiger charge is -2.29. The van der Waals surface area contributed by atoms with Crippen molar-refractivity contribution in [2.75, 3.05) is 24.7 Å². The van der Waals surface area contributed by atoms with Gasteiger partial charge in [-0.3, -0.25) is 0 Å². The third-order valence-corrected chi connectivity index (χ3v) is 9.38. The number of piperidine rings is 1. The number of hydrogen-bond acceptors (Lipinski definition) is 5. The van der Waals surface area contributed by atoms with Crippen molar-refractivity contribution in [3.8, 4) is 0 Å². The van der Waals surface area contributed by atoms with E-state index in [2.05, 4.69) is 16.1 Å². The van der Waals surface area contributed by atoms with Crippen LogP contribution in [0.3, 0.4) is 0 Å². The molecule has 0 saturated carbocycles. The Bertz CT molecular complexity index is 1010. The monoisotopic (exact) mass is 441 g/mol. The van der Waals surface area contributed by atoms with Crippen molar-refractivity contribution in [3.63, 3.8) is 0 Å². The van der Waals surface area contributed by atoms with E-state index in [0.717, 1.165) is 61.6 Å². The standard InChI is InChI=1S/C19H27N3O5S2/c1-28(24,25)22-10-8-15(9-11-22)29(26,27)21-19(23)20-18-16-6-2-4-13(16)12-14-5-3-7-17(14)18/h12,15H,2-11H2,1H3,(H2,20,21,23). The molecule has 0 bridgehead atoms. The summed E-state index contributed by atoms with van der Waals surface area (Å²) in [6.07, 6.45) is 7.34. The Morgan fingerprint density at radius 3 is 2.03 bits per heavy atom. The number of nitrogens with zero attached hydrogens (tertiary/aromatic N) is 1. The van der Waals surface area contributed by atoms with Crippen molar-refractivity contribution in [1.82, 2.24) is 9.03 Å². The van der Waals surface area contributed by atoms with Crippen LogP contribution in [0, 0.1) is 0 Å². The molecule has 2 N–H and O–H groups in total. The van der Waals surface area contributed by atoms with Crippen LogP contribution in [0.1, 0.15) is 47.9 Å². The zero-order valence-corrected chi connectivity index (χ0v) is 18.2. The second kappa shape index (κ2) is 7.55. The Labute approximate surface area is 172 Å². The van der Waals surface area contributed by atoms with Crippen LogP contribution in [-0.2, 0) is 45.7 Å². The van der Waals surface area contributed by atoms with Crippen molar-refractivity contribution in [1.29, 1.82) is 0 Å². The minimum Gasteiger partial charge on any atom is -0.307 e. The molecule has 4 rings (SSSR count). The zero-order valence-electron chi connectivity index (χ0n) is 16.5. The molecule has 1 aliphatic heterocycles. The molecule has 0 atom stereocenters. The van der Waals surface area contributed by atoms with Crippen molar-refractivity contribution in [2.45, 2.75) is 56.6 Å². The van der Waals surface area contributed by atoms with Gasteiger partial charge in [0.25, 0.3) is 0 Å². The minimum absolute atomic E-state index is 0.145. The van der Waals surface area contributed by atoms with Crippen molar-refractivity contribution >= 4 is 31.8 Å². The molecule has 0 unspecified atom stereocenters. The van der Waals surface area contributed by atoms with Crippen molar-refractivity contribution < 1.29 is 21.6 Å². The summed E-state index contributed by atoms with van der Waals surface area (Å²) in [7, 11) is -7.21. The first-order valence-electron chi connectivity index (χ1n) is 10.1. The van der Waals surface area contributed by atoms with Crippen LogP contribution < -0.4 is 10.0 Å². The molecule has 160 valence electrons. The highest BCUT2D eigenvalue weighted by molar-refractivity contribution is 7.90. The number of aryl methyl sites for hydroxylation is 2. The topological polar surface area (TPSA) is 113 Å². The Kier molecular flexibility index (Phi) is 5.37. The maximum absolute atomic E-state index is 12.7. The second-order valence-electron chi connectivity index (χ2n) is 8.20. The number of anilines is 1. The molecule has 1 fully saturated rings. The van der Waals surface area contributed by atoms with Gasteiger partial charge in [0.2, 0.25) is 20.0 Å². The summed E-state index contributed by atoms with van der Waals surface area (Å²) in [6, 6.07) is 1.52. The SMILES string of the molecule is CS(=O)(=O)N1CCC(S(=O)(=O)NC(=O)Nc2c3c(cc4c2CCC4)CCC3)CC1. The van der Waals surface area contributed by atoms with E-state index in [4.69, 9.17) is 0 Å². The van der Waals surface area contributed by atoms with Crippen LogP contribution in [0.4, 0.5) is 10.5 Å². The smallest absolute Gasteiger partial charge is 0.307 e. The lowest BCUT2D eigenvalue weighted by molar-refractivity contribution is 0.256. The normalized spacial score (nSPS) is 20.3. The number of rotatable bonds is 4. The van der Waals surface area contributed by atoms with Crippen LogP contribution >= 0.6 is 0 Å². The molecule has 29 heavy (non-hydrogen) atoms. The van der Waals surface area contributed by atoms with Gasteiger partial charge in [0.15, 0.2) is 0 Å². The molecule has 0 radical (unpaired) electrons. The van der Waals surface area contributed by atoms with E-state index in [-0.39, 0.29) is 25.9 Å². The molecule has 3 aliphatic rings. The molecule has 8 nitrogen and oxygen atoms in total. The molecule has 0 spiro atoms. The van der Waals surface area contributed by atoms with Crippen LogP contribution in [0.5, 0.6) is 0 Å². The number of fused-ring (bicyclic) bond motifs is 2. The summed E-state index contributed by atoms with van der Waals surface area (Å²) in [5, 5.41) is 2.06. The summed E-state index contributed by atoms with van der Waals surface area (Å²) in [5.41, 5.74) is 5.60. The van der Waals surface area contributed by atoms with E-state index in [1.807, 2.05) is 0 Å². The first-order valence-corrected chi connectivity index (χ1v) is 13.5. The molecule has 2 aliphatic carbocycles. The van der Waals surface area contributed by atoms with Gasteiger partial charge in [-0.15, -0.1) is 0 Å². The third kappa shape index (κ3) is 4.15. The number of sulfonamides is 2. The predicted octanol–water partition coefficient (Wildman–Crippen LogP) is 1.54. The first kappa shape index (κ1) is 20.6. The molecule has 1 heterocycles. The quantitative estimate of drug-likeness (QED) is 0.736. The van der Waals surface area contributed by atoms with Crippen molar-refractivity contribution in [2.24, 2.45) is 0 Å². The summed E-state index contributed by atoms with van der Waals surface area (Å²) >= 11 is 0. The van der Waals surface area contributed by atoms with Gasteiger partial charge in [0.05, 0.1) is 11.5 Å². The Morgan fingerprint density at radius 1 is 0.966 bits per heavy atom. The average Bonchev–Trinajstić information content (AvgIpc) is 3.29. The lowest BCUT2D eigenvalue weighted by Crippen LogP contribution is -2.47. The number of urea groups is 1. The molecule has 1 aromatic carbocycles. The summed E-state index contributed by atoms with van der Waals surface area (Å²) in [4.78, 5) is 12.6. The fraction of sp³-hybridized carbons (Fsp3) is 0.632. The molecule has 10 heteroatoms. The number of hydrogen-bond donors (Lipinski definition) is 2. The van der Waals surface area contributed by atoms with E-state index < -0.39 is 31.3 Å². The number of amides is 2. The zero-order chi connectivity index (χ0) is 20.8. The molecule has 1 saturated heterocycles. The maximum atomic E-state index is 12.7. The first-order chi connectivity index (χ1) is 13.6. The van der Waals surface area contributed by atoms with Gasteiger partial charge >= 0.3 is 6.03 Å². The number of benzene rings is 1. The second-order valence-corrected chi connectivity index (χ2v) is 12.1. The summed E-state index contributed by atoms with van der Waals surface area (Å²) in [6.45, 7) is 0.289. The number of nitrogens with one attached hydrogen (secondary N) is 2. The fourth-order valence-corrected chi connectivity index (χ4v) is 6.97. The third-order valence-electron chi connectivity index (χ3n) is 6.26. The molecule has 1 aromatic rings. The summed E-state index contributed by atoms with van der Waals surface area (Å²) < 4.78 is 52.0. The van der Waals surface area contributed by atoms with Gasteiger partial charge in [0, 0.05) is 18.8 Å². The van der Waals surface area contributed by atoms with Gasteiger partial charge in [0.1, 0.15) is 0 Å². The lowest BCUT2D eigenvalue weighted by atomic mass is 9.99. The largest absolute Gasteiger partial charge is 0.332 e. The highest BCUT2D eigenvalue weighted by Crippen LogP contribution is 2.38. The van der Waals surface area contributed by atoms with E-state index in [1.165, 1.54) is 15.4 Å². The van der Waals surface area contributed by atoms with Gasteiger partial charge in [-0.2, -0.15) is 0 Å². The number of carbonyl (C=O) groups is 1. The summed E-state index contributed by atoms with van der Waals surface area (Å²) in [5.74, 6) is 0. The van der Waals surface area contributed by atoms with Crippen LogP contribution in [-0.4, -0.2) is 51.8 Å². The highest BCUT2D eigenvalue weighted by atomic mass is 32.2. The van der Waals surface area contributed by atoms with Crippen LogP contribution in [0.15, 0.2) is 6.07 Å². The number of carbonyl (C=O) groups excluding carboxylic acids is 1. The predicted molar refractivity (Wildman–Crippen MR) is 111 cm³/mol. The van der Waals surface area contributed by atoms with Crippen LogP contribution in [0.25, 0.3) is 0 Å². The molecular weight excluding hydrogens is 414 g/mol. The van der Waals surface area contributed by atoms with E-state index in [9.17, 15) is 21.6 Å². The molecule has 2 amide bonds. The van der Waals surface area contributed by atoms with Crippen LogP contribution in [0.2, 0.25) is 0 Å². The average molecular weight is 442 g/mol. The fourth-order valence-electron chi connectivity index (χ4n) is 4.79. The van der Waals surface area contributed by atoms with Crippen molar-refractivity contribution in [3.05, 3.63) is 28.3 Å². The van der Waals surface area contributed by atoms with E-state index >= 15 is 0 Å². The van der Waals surface area contributed by atoms with Gasteiger partial charge in [-0.25, -0.2) is 30.7 Å². The van der Waals surface area contributed by atoms with E-state index in [1.54, 1.807) is 0 Å². The Hall–Kier alpha value is -1.65. The van der Waals surface area contributed by atoms with Gasteiger partial charge in [-0.1, -0.05) is 6.07 Å². The van der Waals surface area contributed by atoms with Gasteiger partial charge < -0.3 is 5.32 Å². The Balaban J connectivity index is 1.46. The highest BCUT2D eigenvalue weighted by Gasteiger charge is 2.34. The van der Waals surface area contributed by atoms with E-state index in [0.29, 0.717) is 0 Å². The molecular formula is C19H27N3O5S2. The maximum Gasteiger partial charge on any atom is 0.332 e. The van der Waals surface area contributed by atoms with Gasteiger partial charge in [-0.05, 0) is 73.6 Å².